The zero-order valence-electron chi connectivity index (χ0n) is 15.6. The van der Waals surface area contributed by atoms with Crippen LogP contribution in [0.15, 0.2) is 48.5 Å². The van der Waals surface area contributed by atoms with Crippen LogP contribution in [0.4, 0.5) is 0 Å². The molecule has 1 fully saturated rings. The van der Waals surface area contributed by atoms with Crippen molar-refractivity contribution in [2.75, 3.05) is 19.7 Å². The molecule has 138 valence electrons. The maximum atomic E-state index is 12.5. The van der Waals surface area contributed by atoms with E-state index in [0.29, 0.717) is 24.8 Å². The highest BCUT2D eigenvalue weighted by Gasteiger charge is 2.23. The summed E-state index contributed by atoms with van der Waals surface area (Å²) in [5.41, 5.74) is 2.26. The van der Waals surface area contributed by atoms with Gasteiger partial charge in [-0.05, 0) is 44.2 Å². The lowest BCUT2D eigenvalue weighted by atomic mass is 9.98. The molecule has 26 heavy (non-hydrogen) atoms. The molecule has 0 saturated carbocycles. The van der Waals surface area contributed by atoms with E-state index in [4.69, 9.17) is 4.74 Å². The zero-order chi connectivity index (χ0) is 18.2. The van der Waals surface area contributed by atoms with E-state index in [-0.39, 0.29) is 5.91 Å². The number of carbonyl (C=O) groups is 1. The molecule has 1 amide bonds. The molecule has 1 aliphatic rings. The summed E-state index contributed by atoms with van der Waals surface area (Å²) in [5.74, 6) is 1.35. The van der Waals surface area contributed by atoms with E-state index in [9.17, 15) is 4.79 Å². The third kappa shape index (κ3) is 5.58. The molecule has 1 aromatic carbocycles. The summed E-state index contributed by atoms with van der Waals surface area (Å²) < 4.78 is 5.84. The molecular weight excluding hydrogens is 324 g/mol. The Balaban J connectivity index is 1.41. The highest BCUT2D eigenvalue weighted by Crippen LogP contribution is 2.19. The van der Waals surface area contributed by atoms with Crippen LogP contribution in [0.1, 0.15) is 36.9 Å². The van der Waals surface area contributed by atoms with E-state index in [1.165, 1.54) is 5.56 Å². The van der Waals surface area contributed by atoms with Gasteiger partial charge in [0, 0.05) is 37.2 Å². The Morgan fingerprint density at radius 3 is 2.85 bits per heavy atom. The monoisotopic (exact) mass is 352 g/mol. The minimum atomic E-state index is 0.277. The van der Waals surface area contributed by atoms with E-state index >= 15 is 0 Å². The molecule has 2 heterocycles. The third-order valence-electron chi connectivity index (χ3n) is 4.90. The van der Waals surface area contributed by atoms with Crippen LogP contribution < -0.4 is 4.74 Å². The SMILES string of the molecule is Cc1cccc(OCC2CCCN(C(=O)CCCc3ccccc3)C2)n1. The topological polar surface area (TPSA) is 42.4 Å². The number of benzene rings is 1. The summed E-state index contributed by atoms with van der Waals surface area (Å²) in [7, 11) is 0. The van der Waals surface area contributed by atoms with Crippen molar-refractivity contribution < 1.29 is 9.53 Å². The number of nitrogens with zero attached hydrogens (tertiary/aromatic N) is 2. The normalized spacial score (nSPS) is 17.1. The van der Waals surface area contributed by atoms with E-state index in [0.717, 1.165) is 44.5 Å². The summed E-state index contributed by atoms with van der Waals surface area (Å²) in [5, 5.41) is 0. The first-order valence-electron chi connectivity index (χ1n) is 9.59. The van der Waals surface area contributed by atoms with Gasteiger partial charge in [0.25, 0.3) is 0 Å². The van der Waals surface area contributed by atoms with Crippen molar-refractivity contribution in [1.29, 1.82) is 0 Å². The number of carbonyl (C=O) groups excluding carboxylic acids is 1. The summed E-state index contributed by atoms with van der Waals surface area (Å²) >= 11 is 0. The first-order valence-corrected chi connectivity index (χ1v) is 9.59. The predicted octanol–water partition coefficient (Wildman–Crippen LogP) is 4.03. The first kappa shape index (κ1) is 18.4. The van der Waals surface area contributed by atoms with E-state index in [1.54, 1.807) is 0 Å². The molecule has 0 bridgehead atoms. The minimum absolute atomic E-state index is 0.277. The van der Waals surface area contributed by atoms with E-state index in [2.05, 4.69) is 29.2 Å². The number of pyridine rings is 1. The van der Waals surface area contributed by atoms with Gasteiger partial charge in [-0.1, -0.05) is 36.4 Å². The Kier molecular flexibility index (Phi) is 6.64. The van der Waals surface area contributed by atoms with Crippen molar-refractivity contribution in [2.45, 2.75) is 39.0 Å². The van der Waals surface area contributed by atoms with Gasteiger partial charge in [0.2, 0.25) is 11.8 Å². The summed E-state index contributed by atoms with van der Waals surface area (Å²) in [4.78, 5) is 18.9. The average molecular weight is 352 g/mol. The van der Waals surface area contributed by atoms with Gasteiger partial charge >= 0.3 is 0 Å². The lowest BCUT2D eigenvalue weighted by Crippen LogP contribution is -2.41. The molecule has 2 aromatic rings. The van der Waals surface area contributed by atoms with Crippen LogP contribution in [-0.4, -0.2) is 35.5 Å². The summed E-state index contributed by atoms with van der Waals surface area (Å²) in [6.07, 6.45) is 4.67. The van der Waals surface area contributed by atoms with Gasteiger partial charge in [-0.25, -0.2) is 4.98 Å². The maximum absolute atomic E-state index is 12.5. The van der Waals surface area contributed by atoms with Crippen LogP contribution in [0.2, 0.25) is 0 Å². The van der Waals surface area contributed by atoms with Crippen LogP contribution >= 0.6 is 0 Å². The number of aromatic nitrogens is 1. The van der Waals surface area contributed by atoms with Gasteiger partial charge in [-0.2, -0.15) is 0 Å². The maximum Gasteiger partial charge on any atom is 0.222 e. The molecule has 0 spiro atoms. The number of ether oxygens (including phenoxy) is 1. The smallest absolute Gasteiger partial charge is 0.222 e. The fraction of sp³-hybridized carbons (Fsp3) is 0.455. The Morgan fingerprint density at radius 1 is 1.19 bits per heavy atom. The van der Waals surface area contributed by atoms with E-state index < -0.39 is 0 Å². The summed E-state index contributed by atoms with van der Waals surface area (Å²) in [6, 6.07) is 16.2. The molecule has 1 aromatic heterocycles. The second-order valence-corrected chi connectivity index (χ2v) is 7.12. The third-order valence-corrected chi connectivity index (χ3v) is 4.90. The number of aryl methyl sites for hydroxylation is 2. The Hall–Kier alpha value is -2.36. The number of piperidine rings is 1. The molecule has 0 N–H and O–H groups in total. The van der Waals surface area contributed by atoms with Crippen LogP contribution in [0.25, 0.3) is 0 Å². The van der Waals surface area contributed by atoms with Crippen LogP contribution in [0.5, 0.6) is 5.88 Å². The van der Waals surface area contributed by atoms with E-state index in [1.807, 2.05) is 36.1 Å². The molecule has 0 radical (unpaired) electrons. The number of hydrogen-bond donors (Lipinski definition) is 0. The molecule has 1 unspecified atom stereocenters. The number of likely N-dealkylation sites (tertiary alicyclic amines) is 1. The molecule has 4 nitrogen and oxygen atoms in total. The first-order chi connectivity index (χ1) is 12.7. The largest absolute Gasteiger partial charge is 0.477 e. The number of amides is 1. The molecule has 1 saturated heterocycles. The molecule has 1 atom stereocenters. The molecule has 4 heteroatoms. The second kappa shape index (κ2) is 9.37. The average Bonchev–Trinajstić information content (AvgIpc) is 2.67. The number of hydrogen-bond acceptors (Lipinski definition) is 3. The predicted molar refractivity (Wildman–Crippen MR) is 103 cm³/mol. The Bertz CT molecular complexity index is 702. The van der Waals surface area contributed by atoms with Crippen molar-refractivity contribution >= 4 is 5.91 Å². The van der Waals surface area contributed by atoms with Crippen molar-refractivity contribution in [2.24, 2.45) is 5.92 Å². The molecule has 3 rings (SSSR count). The van der Waals surface area contributed by atoms with Crippen LogP contribution in [0.3, 0.4) is 0 Å². The fourth-order valence-electron chi connectivity index (χ4n) is 3.48. The van der Waals surface area contributed by atoms with Crippen LogP contribution in [0, 0.1) is 12.8 Å². The minimum Gasteiger partial charge on any atom is -0.477 e. The lowest BCUT2D eigenvalue weighted by Gasteiger charge is -2.32. The molecule has 0 aliphatic carbocycles. The van der Waals surface area contributed by atoms with Gasteiger partial charge in [-0.15, -0.1) is 0 Å². The highest BCUT2D eigenvalue weighted by molar-refractivity contribution is 5.76. The van der Waals surface area contributed by atoms with Crippen LogP contribution in [-0.2, 0) is 11.2 Å². The van der Waals surface area contributed by atoms with Crippen molar-refractivity contribution in [3.05, 3.63) is 59.8 Å². The standard InChI is InChI=1S/C22H28N2O2/c1-18-8-5-13-21(23-18)26-17-20-12-7-15-24(16-20)22(25)14-6-11-19-9-3-2-4-10-19/h2-5,8-10,13,20H,6-7,11-12,14-17H2,1H3. The second-order valence-electron chi connectivity index (χ2n) is 7.12. The Labute approximate surface area is 156 Å². The quantitative estimate of drug-likeness (QED) is 0.755. The highest BCUT2D eigenvalue weighted by atomic mass is 16.5. The van der Waals surface area contributed by atoms with Gasteiger partial charge in [0.1, 0.15) is 0 Å². The van der Waals surface area contributed by atoms with Gasteiger partial charge in [-0.3, -0.25) is 4.79 Å². The van der Waals surface area contributed by atoms with Crippen molar-refractivity contribution in [3.63, 3.8) is 0 Å². The zero-order valence-corrected chi connectivity index (χ0v) is 15.6. The van der Waals surface area contributed by atoms with Gasteiger partial charge < -0.3 is 9.64 Å². The number of rotatable bonds is 7. The van der Waals surface area contributed by atoms with Gasteiger partial charge in [0.15, 0.2) is 0 Å². The lowest BCUT2D eigenvalue weighted by molar-refractivity contribution is -0.133. The molecule has 1 aliphatic heterocycles. The Morgan fingerprint density at radius 2 is 2.04 bits per heavy atom. The fourth-order valence-corrected chi connectivity index (χ4v) is 3.48. The summed E-state index contributed by atoms with van der Waals surface area (Å²) in [6.45, 7) is 4.27. The van der Waals surface area contributed by atoms with Crippen molar-refractivity contribution in [3.8, 4) is 5.88 Å². The van der Waals surface area contributed by atoms with Gasteiger partial charge in [0.05, 0.1) is 6.61 Å². The molecular formula is C22H28N2O2. The van der Waals surface area contributed by atoms with Crippen molar-refractivity contribution in [1.82, 2.24) is 9.88 Å².